The maximum absolute atomic E-state index is 6.30. The molecule has 1 aliphatic heterocycles. The summed E-state index contributed by atoms with van der Waals surface area (Å²) in [5, 5.41) is 6.83. The number of hydrogen-bond acceptors (Lipinski definition) is 6. The molecule has 0 atom stereocenters. The fraction of sp³-hybridized carbons (Fsp3) is 0.304. The van der Waals surface area contributed by atoms with Crippen molar-refractivity contribution in [2.24, 2.45) is 0 Å². The van der Waals surface area contributed by atoms with Gasteiger partial charge >= 0.3 is 0 Å². The van der Waals surface area contributed by atoms with Crippen molar-refractivity contribution in [3.8, 4) is 17.3 Å². The third-order valence-corrected chi connectivity index (χ3v) is 5.44. The van der Waals surface area contributed by atoms with Crippen LogP contribution in [0.15, 0.2) is 54.7 Å². The predicted molar refractivity (Wildman–Crippen MR) is 116 cm³/mol. The van der Waals surface area contributed by atoms with E-state index in [9.17, 15) is 0 Å². The topological polar surface area (TPSA) is 61.6 Å². The molecule has 2 aromatic carbocycles. The van der Waals surface area contributed by atoms with Gasteiger partial charge in [-0.2, -0.15) is 9.78 Å². The van der Waals surface area contributed by atoms with Crippen LogP contribution in [0.4, 0.5) is 0 Å². The van der Waals surface area contributed by atoms with Crippen LogP contribution >= 0.6 is 0 Å². The average molecular weight is 404 g/mol. The van der Waals surface area contributed by atoms with Crippen LogP contribution in [-0.2, 0) is 4.74 Å². The third-order valence-electron chi connectivity index (χ3n) is 5.44. The van der Waals surface area contributed by atoms with Crippen LogP contribution in [0.2, 0.25) is 0 Å². The Kier molecular flexibility index (Phi) is 5.21. The van der Waals surface area contributed by atoms with Gasteiger partial charge in [0.1, 0.15) is 17.9 Å². The van der Waals surface area contributed by atoms with Crippen molar-refractivity contribution in [1.29, 1.82) is 0 Å². The number of ether oxygens (including phenoxy) is 3. The van der Waals surface area contributed by atoms with Crippen LogP contribution in [0, 0.1) is 0 Å². The van der Waals surface area contributed by atoms with E-state index in [1.165, 1.54) is 0 Å². The molecule has 0 saturated carbocycles. The lowest BCUT2D eigenvalue weighted by atomic mass is 10.2. The highest BCUT2D eigenvalue weighted by Gasteiger charge is 2.18. The highest BCUT2D eigenvalue weighted by molar-refractivity contribution is 6.05. The lowest BCUT2D eigenvalue weighted by molar-refractivity contribution is 0.0319. The molecule has 2 aromatic heterocycles. The Morgan fingerprint density at radius 3 is 2.60 bits per heavy atom. The Morgan fingerprint density at radius 2 is 1.80 bits per heavy atom. The van der Waals surface area contributed by atoms with Gasteiger partial charge in [-0.3, -0.25) is 9.88 Å². The molecule has 0 radical (unpaired) electrons. The summed E-state index contributed by atoms with van der Waals surface area (Å²) in [7, 11) is 1.66. The van der Waals surface area contributed by atoms with E-state index in [1.54, 1.807) is 7.11 Å². The molecule has 154 valence electrons. The molecular formula is C23H24N4O3. The first-order valence-corrected chi connectivity index (χ1v) is 10.2. The van der Waals surface area contributed by atoms with Gasteiger partial charge in [0.05, 0.1) is 36.9 Å². The van der Waals surface area contributed by atoms with Crippen LogP contribution in [0.25, 0.3) is 27.5 Å². The molecule has 30 heavy (non-hydrogen) atoms. The third kappa shape index (κ3) is 3.58. The number of methoxy groups -OCH3 is 1. The molecule has 0 spiro atoms. The highest BCUT2D eigenvalue weighted by Crippen LogP contribution is 2.32. The van der Waals surface area contributed by atoms with Crippen molar-refractivity contribution in [1.82, 2.24) is 19.7 Å². The highest BCUT2D eigenvalue weighted by atomic mass is 16.5. The molecule has 0 unspecified atom stereocenters. The standard InChI is InChI=1S/C23H24N4O3/c1-28-18-8-6-17(7-9-18)27-23(30-15-12-26-10-13-29-14-11-26)20-16-24-21-5-3-2-4-19(21)22(20)25-27/h2-9,16H,10-15H2,1H3. The van der Waals surface area contributed by atoms with E-state index in [2.05, 4.69) is 9.88 Å². The number of hydrogen-bond donors (Lipinski definition) is 0. The minimum absolute atomic E-state index is 0.573. The first kappa shape index (κ1) is 18.8. The summed E-state index contributed by atoms with van der Waals surface area (Å²) in [4.78, 5) is 6.98. The number of aromatic nitrogens is 3. The van der Waals surface area contributed by atoms with Gasteiger partial charge in [0.25, 0.3) is 0 Å². The molecule has 4 aromatic rings. The molecule has 7 nitrogen and oxygen atoms in total. The van der Waals surface area contributed by atoms with Gasteiger partial charge in [0, 0.05) is 31.2 Å². The van der Waals surface area contributed by atoms with Crippen LogP contribution in [0.3, 0.4) is 0 Å². The van der Waals surface area contributed by atoms with E-state index in [4.69, 9.17) is 19.3 Å². The van der Waals surface area contributed by atoms with E-state index in [-0.39, 0.29) is 0 Å². The second-order valence-corrected chi connectivity index (χ2v) is 7.26. The zero-order valence-corrected chi connectivity index (χ0v) is 17.0. The van der Waals surface area contributed by atoms with Crippen molar-refractivity contribution in [3.05, 3.63) is 54.7 Å². The number of para-hydroxylation sites is 1. The van der Waals surface area contributed by atoms with E-state index < -0.39 is 0 Å². The number of morpholine rings is 1. The Morgan fingerprint density at radius 1 is 1.00 bits per heavy atom. The van der Waals surface area contributed by atoms with Crippen LogP contribution in [-0.4, -0.2) is 66.2 Å². The van der Waals surface area contributed by atoms with Crippen LogP contribution in [0.5, 0.6) is 11.6 Å². The van der Waals surface area contributed by atoms with E-state index >= 15 is 0 Å². The van der Waals surface area contributed by atoms with Gasteiger partial charge < -0.3 is 14.2 Å². The molecule has 1 fully saturated rings. The average Bonchev–Trinajstić information content (AvgIpc) is 3.19. The number of rotatable bonds is 6. The van der Waals surface area contributed by atoms with E-state index in [0.717, 1.165) is 66.1 Å². The summed E-state index contributed by atoms with van der Waals surface area (Å²) in [6, 6.07) is 15.9. The summed E-state index contributed by atoms with van der Waals surface area (Å²) in [5.74, 6) is 1.51. The van der Waals surface area contributed by atoms with Crippen LogP contribution in [0.1, 0.15) is 0 Å². The lowest BCUT2D eigenvalue weighted by Gasteiger charge is -2.26. The zero-order chi connectivity index (χ0) is 20.3. The molecule has 0 bridgehead atoms. The fourth-order valence-corrected chi connectivity index (χ4v) is 3.78. The monoisotopic (exact) mass is 404 g/mol. The number of fused-ring (bicyclic) bond motifs is 3. The van der Waals surface area contributed by atoms with Gasteiger partial charge in [-0.05, 0) is 30.3 Å². The van der Waals surface area contributed by atoms with Crippen molar-refractivity contribution in [2.75, 3.05) is 46.6 Å². The summed E-state index contributed by atoms with van der Waals surface area (Å²) < 4.78 is 18.9. The molecule has 1 saturated heterocycles. The van der Waals surface area contributed by atoms with Crippen molar-refractivity contribution in [2.45, 2.75) is 0 Å². The smallest absolute Gasteiger partial charge is 0.226 e. The Bertz CT molecular complexity index is 1150. The summed E-state index contributed by atoms with van der Waals surface area (Å²) in [6.07, 6.45) is 1.86. The Hall–Kier alpha value is -3.16. The molecule has 3 heterocycles. The maximum Gasteiger partial charge on any atom is 0.226 e. The van der Waals surface area contributed by atoms with Gasteiger partial charge in [-0.1, -0.05) is 18.2 Å². The normalized spacial score (nSPS) is 15.0. The minimum Gasteiger partial charge on any atom is -0.497 e. The minimum atomic E-state index is 0.573. The fourth-order valence-electron chi connectivity index (χ4n) is 3.78. The quantitative estimate of drug-likeness (QED) is 0.491. The number of nitrogens with zero attached hydrogens (tertiary/aromatic N) is 4. The van der Waals surface area contributed by atoms with E-state index in [1.807, 2.05) is 59.4 Å². The van der Waals surface area contributed by atoms with Gasteiger partial charge in [-0.25, -0.2) is 0 Å². The summed E-state index contributed by atoms with van der Waals surface area (Å²) in [5.41, 5.74) is 2.72. The van der Waals surface area contributed by atoms with Crippen molar-refractivity contribution < 1.29 is 14.2 Å². The summed E-state index contributed by atoms with van der Waals surface area (Å²) >= 11 is 0. The maximum atomic E-state index is 6.30. The SMILES string of the molecule is COc1ccc(-n2nc3c(cnc4ccccc43)c2OCCN2CCOCC2)cc1. The van der Waals surface area contributed by atoms with Gasteiger partial charge in [0.15, 0.2) is 0 Å². The molecule has 0 amide bonds. The first-order chi connectivity index (χ1) is 14.8. The van der Waals surface area contributed by atoms with Crippen LogP contribution < -0.4 is 9.47 Å². The molecule has 0 N–H and O–H groups in total. The first-order valence-electron chi connectivity index (χ1n) is 10.2. The van der Waals surface area contributed by atoms with Crippen molar-refractivity contribution in [3.63, 3.8) is 0 Å². The van der Waals surface area contributed by atoms with E-state index in [0.29, 0.717) is 12.5 Å². The number of benzene rings is 2. The Labute approximate surface area is 174 Å². The number of pyridine rings is 1. The zero-order valence-electron chi connectivity index (χ0n) is 17.0. The molecule has 7 heteroatoms. The molecule has 5 rings (SSSR count). The molecule has 1 aliphatic rings. The second kappa shape index (κ2) is 8.30. The molecule has 0 aliphatic carbocycles. The Balaban J connectivity index is 1.53. The van der Waals surface area contributed by atoms with Gasteiger partial charge in [-0.15, -0.1) is 0 Å². The largest absolute Gasteiger partial charge is 0.497 e. The van der Waals surface area contributed by atoms with Crippen molar-refractivity contribution >= 4 is 21.8 Å². The second-order valence-electron chi connectivity index (χ2n) is 7.26. The predicted octanol–water partition coefficient (Wildman–Crippen LogP) is 3.29. The lowest BCUT2D eigenvalue weighted by Crippen LogP contribution is -2.38. The summed E-state index contributed by atoms with van der Waals surface area (Å²) in [6.45, 7) is 4.86. The molecular weight excluding hydrogens is 380 g/mol. The van der Waals surface area contributed by atoms with Gasteiger partial charge in [0.2, 0.25) is 5.88 Å².